The molecule has 3 aromatic carbocycles. The average molecular weight is 632 g/mol. The number of benzene rings is 3. The maximum absolute atomic E-state index is 14.0. The van der Waals surface area contributed by atoms with Gasteiger partial charge in [0.25, 0.3) is 5.56 Å². The van der Waals surface area contributed by atoms with Crippen LogP contribution in [0.5, 0.6) is 11.5 Å². The third-order valence-electron chi connectivity index (χ3n) is 6.99. The molecule has 0 N–H and O–H groups in total. The Morgan fingerprint density at radius 1 is 1.18 bits per heavy atom. The summed E-state index contributed by atoms with van der Waals surface area (Å²) in [6.07, 6.45) is 8.95. The maximum Gasteiger partial charge on any atom is 0.271 e. The molecule has 40 heavy (non-hydrogen) atoms. The van der Waals surface area contributed by atoms with E-state index < -0.39 is 0 Å². The zero-order valence-corrected chi connectivity index (χ0v) is 24.8. The summed E-state index contributed by atoms with van der Waals surface area (Å²) in [5.41, 5.74) is 6.23. The molecule has 0 radical (unpaired) electrons. The standard InChI is InChI=1S/C32H24BrClN2O3S/c1-3-15-39-30-25(34)16-19(17-26(30)38-4-2)18-27-31(37)36-29(21-9-12-22(33)13-10-21)24-14-11-20-7-5-6-8-23(20)28(24)35-32(36)40-27/h1,5-10,12-13,16-18,29H,4,11,14-15H2,2H3/b27-18-. The number of hydrogen-bond acceptors (Lipinski definition) is 5. The molecule has 1 atom stereocenters. The highest BCUT2D eigenvalue weighted by Crippen LogP contribution is 2.41. The van der Waals surface area contributed by atoms with Crippen LogP contribution in [0.1, 0.15) is 41.6 Å². The highest BCUT2D eigenvalue weighted by Gasteiger charge is 2.32. The lowest BCUT2D eigenvalue weighted by Crippen LogP contribution is -2.38. The summed E-state index contributed by atoms with van der Waals surface area (Å²) in [4.78, 5) is 19.8. The Kier molecular flexibility index (Phi) is 7.41. The van der Waals surface area contributed by atoms with Crippen LogP contribution in [-0.4, -0.2) is 17.8 Å². The van der Waals surface area contributed by atoms with Crippen LogP contribution < -0.4 is 24.4 Å². The number of thiazole rings is 1. The largest absolute Gasteiger partial charge is 0.490 e. The zero-order valence-electron chi connectivity index (χ0n) is 21.6. The number of nitrogens with zero attached hydrogens (tertiary/aromatic N) is 2. The fourth-order valence-corrected chi connectivity index (χ4v) is 6.85. The number of rotatable bonds is 6. The molecule has 2 aliphatic rings. The summed E-state index contributed by atoms with van der Waals surface area (Å²) in [5, 5.41) is 0.361. The molecular formula is C32H24BrClN2O3S. The van der Waals surface area contributed by atoms with Gasteiger partial charge in [0.05, 0.1) is 27.9 Å². The predicted molar refractivity (Wildman–Crippen MR) is 164 cm³/mol. The first kappa shape index (κ1) is 26.6. The van der Waals surface area contributed by atoms with E-state index >= 15 is 0 Å². The highest BCUT2D eigenvalue weighted by atomic mass is 79.9. The summed E-state index contributed by atoms with van der Waals surface area (Å²) in [7, 11) is 0. The Bertz CT molecular complexity index is 1880. The van der Waals surface area contributed by atoms with Crippen LogP contribution in [0.2, 0.25) is 5.02 Å². The van der Waals surface area contributed by atoms with Gasteiger partial charge in [-0.1, -0.05) is 81.2 Å². The minimum absolute atomic E-state index is 0.0710. The normalized spacial score (nSPS) is 15.9. The summed E-state index contributed by atoms with van der Waals surface area (Å²) in [6.45, 7) is 2.38. The molecule has 5 nitrogen and oxygen atoms in total. The molecule has 6 rings (SSSR count). The van der Waals surface area contributed by atoms with Crippen molar-refractivity contribution in [3.63, 3.8) is 0 Å². The van der Waals surface area contributed by atoms with Crippen molar-refractivity contribution < 1.29 is 9.47 Å². The maximum atomic E-state index is 14.0. The zero-order chi connectivity index (χ0) is 27.8. The SMILES string of the molecule is C#CCOc1c(Cl)cc(/C=c2\sc3n(c2=O)C(c2ccc(Br)cc2)C2=C(N=3)c3ccccc3CC2)cc1OCC. The van der Waals surface area contributed by atoms with E-state index in [1.54, 1.807) is 6.07 Å². The predicted octanol–water partition coefficient (Wildman–Crippen LogP) is 6.15. The minimum atomic E-state index is -0.239. The highest BCUT2D eigenvalue weighted by molar-refractivity contribution is 9.10. The van der Waals surface area contributed by atoms with Gasteiger partial charge in [0.2, 0.25) is 0 Å². The molecule has 0 bridgehead atoms. The second-order valence-corrected chi connectivity index (χ2v) is 11.8. The van der Waals surface area contributed by atoms with E-state index in [0.29, 0.717) is 32.5 Å². The summed E-state index contributed by atoms with van der Waals surface area (Å²) >= 11 is 11.5. The van der Waals surface area contributed by atoms with Crippen LogP contribution in [0, 0.1) is 12.3 Å². The monoisotopic (exact) mass is 630 g/mol. The lowest BCUT2D eigenvalue weighted by Gasteiger charge is -2.30. The molecule has 0 spiro atoms. The van der Waals surface area contributed by atoms with E-state index in [4.69, 9.17) is 32.5 Å². The molecular weight excluding hydrogens is 608 g/mol. The third kappa shape index (κ3) is 4.81. The number of hydrogen-bond donors (Lipinski definition) is 0. The summed E-state index contributed by atoms with van der Waals surface area (Å²) < 4.78 is 14.8. The number of allylic oxidation sites excluding steroid dienone is 1. The van der Waals surface area contributed by atoms with Crippen LogP contribution >= 0.6 is 38.9 Å². The quantitative estimate of drug-likeness (QED) is 0.240. The summed E-state index contributed by atoms with van der Waals surface area (Å²) in [5.74, 6) is 3.31. The third-order valence-corrected chi connectivity index (χ3v) is 8.78. The fourth-order valence-electron chi connectivity index (χ4n) is 5.31. The van der Waals surface area contributed by atoms with Gasteiger partial charge in [0, 0.05) is 10.0 Å². The molecule has 0 amide bonds. The number of aryl methyl sites for hydroxylation is 1. The number of ether oxygens (including phenoxy) is 2. The summed E-state index contributed by atoms with van der Waals surface area (Å²) in [6, 6.07) is 19.9. The molecule has 1 aliphatic carbocycles. The van der Waals surface area contributed by atoms with E-state index in [0.717, 1.165) is 45.3 Å². The molecule has 0 saturated heterocycles. The van der Waals surface area contributed by atoms with E-state index in [1.165, 1.54) is 16.9 Å². The minimum Gasteiger partial charge on any atom is -0.490 e. The Morgan fingerprint density at radius 3 is 2.75 bits per heavy atom. The molecule has 0 saturated carbocycles. The number of terminal acetylenes is 1. The van der Waals surface area contributed by atoms with Crippen molar-refractivity contribution in [3.8, 4) is 23.8 Å². The first-order valence-corrected chi connectivity index (χ1v) is 14.9. The van der Waals surface area contributed by atoms with Crippen LogP contribution in [0.15, 0.2) is 80.5 Å². The Hall–Kier alpha value is -3.57. The van der Waals surface area contributed by atoms with E-state index in [2.05, 4.69) is 52.2 Å². The average Bonchev–Trinajstić information content (AvgIpc) is 3.26. The smallest absolute Gasteiger partial charge is 0.271 e. The van der Waals surface area contributed by atoms with Crippen molar-refractivity contribution in [2.75, 3.05) is 13.2 Å². The topological polar surface area (TPSA) is 52.8 Å². The number of aromatic nitrogens is 1. The molecule has 0 fully saturated rings. The molecule has 8 heteroatoms. The van der Waals surface area contributed by atoms with Crippen molar-refractivity contribution in [2.24, 2.45) is 4.99 Å². The van der Waals surface area contributed by atoms with Crippen LogP contribution in [0.3, 0.4) is 0 Å². The van der Waals surface area contributed by atoms with Gasteiger partial charge in [0.1, 0.15) is 6.61 Å². The molecule has 2 heterocycles. The molecule has 1 aromatic heterocycles. The second-order valence-electron chi connectivity index (χ2n) is 9.42. The van der Waals surface area contributed by atoms with Gasteiger partial charge < -0.3 is 9.47 Å². The molecule has 1 unspecified atom stereocenters. The van der Waals surface area contributed by atoms with Crippen LogP contribution in [0.25, 0.3) is 11.8 Å². The first-order valence-electron chi connectivity index (χ1n) is 12.9. The van der Waals surface area contributed by atoms with Gasteiger partial charge >= 0.3 is 0 Å². The van der Waals surface area contributed by atoms with Crippen molar-refractivity contribution in [3.05, 3.63) is 118 Å². The van der Waals surface area contributed by atoms with Crippen molar-refractivity contribution in [2.45, 2.75) is 25.8 Å². The van der Waals surface area contributed by atoms with Gasteiger partial charge in [-0.15, -0.1) is 6.42 Å². The Balaban J connectivity index is 1.54. The number of fused-ring (bicyclic) bond motifs is 3. The lowest BCUT2D eigenvalue weighted by atomic mass is 9.83. The fraction of sp³-hybridized carbons (Fsp3) is 0.188. The molecule has 200 valence electrons. The van der Waals surface area contributed by atoms with Crippen LogP contribution in [-0.2, 0) is 6.42 Å². The first-order chi connectivity index (χ1) is 19.5. The van der Waals surface area contributed by atoms with Gasteiger partial charge in [0.15, 0.2) is 16.3 Å². The molecule has 4 aromatic rings. The van der Waals surface area contributed by atoms with Gasteiger partial charge in [-0.25, -0.2) is 4.99 Å². The van der Waals surface area contributed by atoms with E-state index in [1.807, 2.05) is 41.8 Å². The Labute approximate surface area is 249 Å². The van der Waals surface area contributed by atoms with Gasteiger partial charge in [-0.2, -0.15) is 0 Å². The van der Waals surface area contributed by atoms with E-state index in [-0.39, 0.29) is 18.2 Å². The Morgan fingerprint density at radius 2 is 1.98 bits per heavy atom. The van der Waals surface area contributed by atoms with E-state index in [9.17, 15) is 4.79 Å². The van der Waals surface area contributed by atoms with Crippen molar-refractivity contribution in [1.29, 1.82) is 0 Å². The van der Waals surface area contributed by atoms with Crippen molar-refractivity contribution in [1.82, 2.24) is 4.57 Å². The van der Waals surface area contributed by atoms with Crippen LogP contribution in [0.4, 0.5) is 0 Å². The number of halogens is 2. The van der Waals surface area contributed by atoms with Gasteiger partial charge in [-0.05, 0) is 72.4 Å². The second kappa shape index (κ2) is 11.1. The van der Waals surface area contributed by atoms with Gasteiger partial charge in [-0.3, -0.25) is 9.36 Å². The lowest BCUT2D eigenvalue weighted by molar-refractivity contribution is 0.299. The van der Waals surface area contributed by atoms with Crippen molar-refractivity contribution >= 4 is 50.6 Å². The molecule has 1 aliphatic heterocycles.